The van der Waals surface area contributed by atoms with Crippen LogP contribution in [0.5, 0.6) is 0 Å². The first-order chi connectivity index (χ1) is 6.65. The Bertz CT molecular complexity index is 294. The number of carbonyl (C=O) groups excluding carboxylic acids is 2. The van der Waals surface area contributed by atoms with E-state index in [1.165, 1.54) is 6.92 Å². The quantitative estimate of drug-likeness (QED) is 0.460. The summed E-state index contributed by atoms with van der Waals surface area (Å²) in [5, 5.41) is 0. The Morgan fingerprint density at radius 1 is 1.57 bits per heavy atom. The minimum Gasteiger partial charge on any atom is -0.458 e. The molecule has 1 fully saturated rings. The second-order valence-electron chi connectivity index (χ2n) is 3.69. The van der Waals surface area contributed by atoms with Gasteiger partial charge in [0.25, 0.3) is 0 Å². The molecule has 0 aromatic rings. The molecule has 0 bridgehead atoms. The van der Waals surface area contributed by atoms with Crippen molar-refractivity contribution in [2.75, 3.05) is 0 Å². The zero-order valence-corrected chi connectivity index (χ0v) is 7.93. The average Bonchev–Trinajstić information content (AvgIpc) is 2.42. The third-order valence-corrected chi connectivity index (χ3v) is 2.53. The average molecular weight is 196 g/mol. The molecular formula is C10H12O4. The molecule has 76 valence electrons. The van der Waals surface area contributed by atoms with Crippen molar-refractivity contribution >= 4 is 11.9 Å². The number of hydrogen-bond acceptors (Lipinski definition) is 4. The number of esters is 2. The Labute approximate surface area is 81.9 Å². The van der Waals surface area contributed by atoms with Gasteiger partial charge in [-0.05, 0) is 18.6 Å². The molecule has 0 N–H and O–H groups in total. The second-order valence-corrected chi connectivity index (χ2v) is 3.69. The first-order valence-corrected chi connectivity index (χ1v) is 4.70. The molecule has 1 aliphatic carbocycles. The smallest absolute Gasteiger partial charge is 0.306 e. The minimum atomic E-state index is -0.289. The molecule has 0 aromatic heterocycles. The normalized spacial score (nSPS) is 34.9. The maximum atomic E-state index is 11.0. The van der Waals surface area contributed by atoms with Gasteiger partial charge in [-0.15, -0.1) is 0 Å². The molecule has 4 heteroatoms. The van der Waals surface area contributed by atoms with Crippen LogP contribution in [0.15, 0.2) is 12.2 Å². The molecule has 1 saturated heterocycles. The van der Waals surface area contributed by atoms with Crippen LogP contribution in [-0.4, -0.2) is 24.1 Å². The topological polar surface area (TPSA) is 52.6 Å². The Hall–Kier alpha value is -1.32. The third kappa shape index (κ3) is 1.78. The molecule has 2 rings (SSSR count). The van der Waals surface area contributed by atoms with Crippen molar-refractivity contribution in [1.82, 2.24) is 0 Å². The van der Waals surface area contributed by atoms with Crippen LogP contribution in [0, 0.1) is 5.92 Å². The van der Waals surface area contributed by atoms with E-state index in [2.05, 4.69) is 0 Å². The largest absolute Gasteiger partial charge is 0.458 e. The molecule has 0 unspecified atom stereocenters. The van der Waals surface area contributed by atoms with Crippen molar-refractivity contribution in [3.63, 3.8) is 0 Å². The van der Waals surface area contributed by atoms with Crippen LogP contribution in [0.25, 0.3) is 0 Å². The number of rotatable bonds is 1. The fraction of sp³-hybridized carbons (Fsp3) is 0.600. The molecule has 0 radical (unpaired) electrons. The highest BCUT2D eigenvalue weighted by atomic mass is 16.6. The van der Waals surface area contributed by atoms with Crippen molar-refractivity contribution in [3.8, 4) is 0 Å². The van der Waals surface area contributed by atoms with Crippen molar-refractivity contribution < 1.29 is 19.1 Å². The van der Waals surface area contributed by atoms with Gasteiger partial charge in [0.2, 0.25) is 0 Å². The summed E-state index contributed by atoms with van der Waals surface area (Å²) in [5.74, 6) is -0.270. The van der Waals surface area contributed by atoms with E-state index in [4.69, 9.17) is 9.47 Å². The summed E-state index contributed by atoms with van der Waals surface area (Å²) in [6.07, 6.45) is 4.44. The zero-order valence-electron chi connectivity index (χ0n) is 7.93. The summed E-state index contributed by atoms with van der Waals surface area (Å²) in [6.45, 7) is 1.39. The highest BCUT2D eigenvalue weighted by molar-refractivity contribution is 5.72. The molecule has 0 aromatic carbocycles. The van der Waals surface area contributed by atoms with E-state index in [-0.39, 0.29) is 30.1 Å². The lowest BCUT2D eigenvalue weighted by Gasteiger charge is -2.23. The summed E-state index contributed by atoms with van der Waals surface area (Å²) in [6, 6.07) is 0. The Morgan fingerprint density at radius 2 is 2.36 bits per heavy atom. The molecule has 2 aliphatic rings. The van der Waals surface area contributed by atoms with Gasteiger partial charge in [0, 0.05) is 12.8 Å². The van der Waals surface area contributed by atoms with Crippen LogP contribution in [-0.2, 0) is 19.1 Å². The first kappa shape index (κ1) is 9.24. The zero-order chi connectivity index (χ0) is 10.1. The van der Waals surface area contributed by atoms with Gasteiger partial charge in [-0.2, -0.15) is 0 Å². The van der Waals surface area contributed by atoms with Gasteiger partial charge >= 0.3 is 11.9 Å². The van der Waals surface area contributed by atoms with E-state index in [0.29, 0.717) is 12.8 Å². The predicted molar refractivity (Wildman–Crippen MR) is 47.3 cm³/mol. The highest BCUT2D eigenvalue weighted by Crippen LogP contribution is 2.32. The molecule has 4 nitrogen and oxygen atoms in total. The maximum Gasteiger partial charge on any atom is 0.306 e. The van der Waals surface area contributed by atoms with Crippen molar-refractivity contribution in [3.05, 3.63) is 12.2 Å². The summed E-state index contributed by atoms with van der Waals surface area (Å²) < 4.78 is 10.1. The van der Waals surface area contributed by atoms with Crippen molar-refractivity contribution in [2.45, 2.75) is 32.0 Å². The van der Waals surface area contributed by atoms with Gasteiger partial charge in [-0.25, -0.2) is 0 Å². The Morgan fingerprint density at radius 3 is 3.07 bits per heavy atom. The molecule has 1 heterocycles. The van der Waals surface area contributed by atoms with E-state index in [1.807, 2.05) is 6.08 Å². The second kappa shape index (κ2) is 3.44. The molecule has 0 spiro atoms. The minimum absolute atomic E-state index is 0.102. The SMILES string of the molecule is CC(=O)O[C@H]1C=C[C@@H]2OC(=O)C[C@@H]2C1. The molecule has 1 aliphatic heterocycles. The number of hydrogen-bond donors (Lipinski definition) is 0. The van der Waals surface area contributed by atoms with E-state index in [9.17, 15) is 9.59 Å². The van der Waals surface area contributed by atoms with Gasteiger partial charge in [-0.1, -0.05) is 0 Å². The molecule has 0 amide bonds. The van der Waals surface area contributed by atoms with E-state index >= 15 is 0 Å². The summed E-state index contributed by atoms with van der Waals surface area (Å²) >= 11 is 0. The van der Waals surface area contributed by atoms with Gasteiger partial charge in [-0.3, -0.25) is 9.59 Å². The standard InChI is InChI=1S/C10H12O4/c1-6(11)13-8-2-3-9-7(4-8)5-10(12)14-9/h2-3,7-9H,4-5H2,1H3/t7-,8-,9-/m0/s1. The van der Waals surface area contributed by atoms with E-state index in [0.717, 1.165) is 0 Å². The van der Waals surface area contributed by atoms with Gasteiger partial charge in [0.1, 0.15) is 12.2 Å². The van der Waals surface area contributed by atoms with Crippen LogP contribution in [0.3, 0.4) is 0 Å². The molecular weight excluding hydrogens is 184 g/mol. The first-order valence-electron chi connectivity index (χ1n) is 4.70. The van der Waals surface area contributed by atoms with E-state index < -0.39 is 0 Å². The monoisotopic (exact) mass is 196 g/mol. The van der Waals surface area contributed by atoms with E-state index in [1.54, 1.807) is 6.08 Å². The van der Waals surface area contributed by atoms with Crippen molar-refractivity contribution in [1.29, 1.82) is 0 Å². The number of ether oxygens (including phenoxy) is 2. The fourth-order valence-electron chi connectivity index (χ4n) is 1.95. The predicted octanol–water partition coefficient (Wildman–Crippen LogP) is 0.810. The number of carbonyl (C=O) groups is 2. The lowest BCUT2D eigenvalue weighted by atomic mass is 9.89. The summed E-state index contributed by atoms with van der Waals surface area (Å²) in [4.78, 5) is 21.7. The van der Waals surface area contributed by atoms with Crippen LogP contribution in [0.2, 0.25) is 0 Å². The maximum absolute atomic E-state index is 11.0. The molecule has 3 atom stereocenters. The Balaban J connectivity index is 1.99. The van der Waals surface area contributed by atoms with Crippen LogP contribution in [0.4, 0.5) is 0 Å². The van der Waals surface area contributed by atoms with Crippen LogP contribution in [0.1, 0.15) is 19.8 Å². The summed E-state index contributed by atoms with van der Waals surface area (Å²) in [5.41, 5.74) is 0. The lowest BCUT2D eigenvalue weighted by Crippen LogP contribution is -2.27. The van der Waals surface area contributed by atoms with Crippen molar-refractivity contribution in [2.24, 2.45) is 5.92 Å². The lowest BCUT2D eigenvalue weighted by molar-refractivity contribution is -0.146. The summed E-state index contributed by atoms with van der Waals surface area (Å²) in [7, 11) is 0. The van der Waals surface area contributed by atoms with Crippen LogP contribution < -0.4 is 0 Å². The van der Waals surface area contributed by atoms with Gasteiger partial charge in [0.05, 0.1) is 6.42 Å². The molecule has 14 heavy (non-hydrogen) atoms. The van der Waals surface area contributed by atoms with Crippen LogP contribution >= 0.6 is 0 Å². The van der Waals surface area contributed by atoms with Gasteiger partial charge < -0.3 is 9.47 Å². The Kier molecular flexibility index (Phi) is 2.27. The number of fused-ring (bicyclic) bond motifs is 1. The fourth-order valence-corrected chi connectivity index (χ4v) is 1.95. The van der Waals surface area contributed by atoms with Gasteiger partial charge in [0.15, 0.2) is 0 Å². The molecule has 0 saturated carbocycles. The highest BCUT2D eigenvalue weighted by Gasteiger charge is 2.37. The third-order valence-electron chi connectivity index (χ3n) is 2.53.